The van der Waals surface area contributed by atoms with Gasteiger partial charge < -0.3 is 14.7 Å². The fraction of sp³-hybridized carbons (Fsp3) is 0.625. The van der Waals surface area contributed by atoms with E-state index in [1.165, 1.54) is 6.42 Å². The number of ether oxygens (including phenoxy) is 1. The lowest BCUT2D eigenvalue weighted by Gasteiger charge is -2.30. The highest BCUT2D eigenvalue weighted by atomic mass is 16.5. The summed E-state index contributed by atoms with van der Waals surface area (Å²) in [5.41, 5.74) is 2.17. The van der Waals surface area contributed by atoms with Gasteiger partial charge in [-0.25, -0.2) is 0 Å². The summed E-state index contributed by atoms with van der Waals surface area (Å²) in [5.74, 6) is 0.602. The van der Waals surface area contributed by atoms with Crippen LogP contribution in [0.4, 0.5) is 5.69 Å². The molecule has 1 fully saturated rings. The summed E-state index contributed by atoms with van der Waals surface area (Å²) in [7, 11) is 2.11. The van der Waals surface area contributed by atoms with Crippen LogP contribution in [0.25, 0.3) is 0 Å². The van der Waals surface area contributed by atoms with Gasteiger partial charge in [0.2, 0.25) is 0 Å². The molecule has 106 valence electrons. The molecule has 1 N–H and O–H groups in total. The standard InChI is InChI=1S/C16H25NO2/c1-3-16(18)14-8-4-5-9-15(14)17(2)11-13-7-6-10-19-12-13/h4-5,8-9,13,16,18H,3,6-7,10-12H2,1-2H3/t13?,16-/m0/s1. The predicted octanol–water partition coefficient (Wildman–Crippen LogP) is 2.99. The van der Waals surface area contributed by atoms with E-state index in [1.807, 2.05) is 25.1 Å². The van der Waals surface area contributed by atoms with Gasteiger partial charge in [0.15, 0.2) is 0 Å². The van der Waals surface area contributed by atoms with E-state index in [1.54, 1.807) is 0 Å². The minimum atomic E-state index is -0.374. The van der Waals surface area contributed by atoms with Gasteiger partial charge in [-0.3, -0.25) is 0 Å². The van der Waals surface area contributed by atoms with Gasteiger partial charge in [-0.15, -0.1) is 0 Å². The molecule has 1 heterocycles. The molecule has 1 aliphatic rings. The highest BCUT2D eigenvalue weighted by molar-refractivity contribution is 5.54. The van der Waals surface area contributed by atoms with Crippen molar-refractivity contribution < 1.29 is 9.84 Å². The largest absolute Gasteiger partial charge is 0.388 e. The minimum Gasteiger partial charge on any atom is -0.388 e. The number of aliphatic hydroxyl groups is 1. The molecule has 1 unspecified atom stereocenters. The highest BCUT2D eigenvalue weighted by Crippen LogP contribution is 2.28. The number of hydrogen-bond acceptors (Lipinski definition) is 3. The van der Waals surface area contributed by atoms with E-state index in [0.717, 1.165) is 43.9 Å². The summed E-state index contributed by atoms with van der Waals surface area (Å²) in [6.07, 6.45) is 2.78. The molecular weight excluding hydrogens is 238 g/mol. The van der Waals surface area contributed by atoms with Crippen molar-refractivity contribution in [1.82, 2.24) is 0 Å². The Labute approximate surface area is 116 Å². The van der Waals surface area contributed by atoms with Gasteiger partial charge in [-0.1, -0.05) is 25.1 Å². The molecule has 0 saturated carbocycles. The van der Waals surface area contributed by atoms with Gasteiger partial charge in [0, 0.05) is 31.5 Å². The van der Waals surface area contributed by atoms with Crippen LogP contribution in [-0.2, 0) is 4.74 Å². The topological polar surface area (TPSA) is 32.7 Å². The molecule has 1 saturated heterocycles. The second-order valence-electron chi connectivity index (χ2n) is 5.45. The average molecular weight is 263 g/mol. The molecule has 0 radical (unpaired) electrons. The molecular formula is C16H25NO2. The van der Waals surface area contributed by atoms with E-state index in [2.05, 4.69) is 18.0 Å². The number of rotatable bonds is 5. The third-order valence-corrected chi connectivity index (χ3v) is 3.88. The Morgan fingerprint density at radius 3 is 2.89 bits per heavy atom. The van der Waals surface area contributed by atoms with Crippen LogP contribution in [-0.4, -0.2) is 31.9 Å². The number of anilines is 1. The first-order valence-corrected chi connectivity index (χ1v) is 7.28. The molecule has 0 aliphatic carbocycles. The van der Waals surface area contributed by atoms with Crippen LogP contribution in [0.1, 0.15) is 37.9 Å². The Balaban J connectivity index is 2.07. The Morgan fingerprint density at radius 2 is 2.21 bits per heavy atom. The fourth-order valence-corrected chi connectivity index (χ4v) is 2.77. The molecule has 2 atom stereocenters. The molecule has 3 nitrogen and oxygen atoms in total. The summed E-state index contributed by atoms with van der Waals surface area (Å²) in [6, 6.07) is 8.15. The monoisotopic (exact) mass is 263 g/mol. The van der Waals surface area contributed by atoms with Crippen LogP contribution in [0, 0.1) is 5.92 Å². The molecule has 19 heavy (non-hydrogen) atoms. The Kier molecular flexibility index (Phi) is 5.23. The number of benzene rings is 1. The lowest BCUT2D eigenvalue weighted by atomic mass is 10.00. The van der Waals surface area contributed by atoms with Gasteiger partial charge in [-0.05, 0) is 31.2 Å². The first-order valence-electron chi connectivity index (χ1n) is 7.28. The van der Waals surface area contributed by atoms with E-state index in [-0.39, 0.29) is 6.10 Å². The van der Waals surface area contributed by atoms with Crippen LogP contribution in [0.5, 0.6) is 0 Å². The molecule has 1 aliphatic heterocycles. The van der Waals surface area contributed by atoms with Crippen LogP contribution in [0.3, 0.4) is 0 Å². The van der Waals surface area contributed by atoms with E-state index < -0.39 is 0 Å². The van der Waals surface area contributed by atoms with Crippen molar-refractivity contribution >= 4 is 5.69 Å². The molecule has 1 aromatic rings. The first-order chi connectivity index (χ1) is 9.22. The third-order valence-electron chi connectivity index (χ3n) is 3.88. The zero-order chi connectivity index (χ0) is 13.7. The highest BCUT2D eigenvalue weighted by Gasteiger charge is 2.18. The van der Waals surface area contributed by atoms with Gasteiger partial charge >= 0.3 is 0 Å². The van der Waals surface area contributed by atoms with Crippen molar-refractivity contribution in [1.29, 1.82) is 0 Å². The second-order valence-corrected chi connectivity index (χ2v) is 5.45. The first kappa shape index (κ1) is 14.4. The fourth-order valence-electron chi connectivity index (χ4n) is 2.77. The van der Waals surface area contributed by atoms with Crippen molar-refractivity contribution in [3.05, 3.63) is 29.8 Å². The van der Waals surface area contributed by atoms with Crippen LogP contribution >= 0.6 is 0 Å². The SMILES string of the molecule is CC[C@H](O)c1ccccc1N(C)CC1CCCOC1. The summed E-state index contributed by atoms with van der Waals surface area (Å²) in [6.45, 7) is 4.78. The third kappa shape index (κ3) is 3.71. The number of para-hydroxylation sites is 1. The molecule has 2 rings (SSSR count). The maximum absolute atomic E-state index is 10.1. The molecule has 3 heteroatoms. The van der Waals surface area contributed by atoms with Crippen molar-refractivity contribution in [3.8, 4) is 0 Å². The summed E-state index contributed by atoms with van der Waals surface area (Å²) in [5, 5.41) is 10.1. The zero-order valence-electron chi connectivity index (χ0n) is 12.0. The van der Waals surface area contributed by atoms with Gasteiger partial charge in [-0.2, -0.15) is 0 Å². The Morgan fingerprint density at radius 1 is 1.42 bits per heavy atom. The lowest BCUT2D eigenvalue weighted by Crippen LogP contribution is -2.31. The average Bonchev–Trinajstić information content (AvgIpc) is 2.47. The van der Waals surface area contributed by atoms with Crippen molar-refractivity contribution in [2.75, 3.05) is 31.7 Å². The van der Waals surface area contributed by atoms with Gasteiger partial charge in [0.25, 0.3) is 0 Å². The predicted molar refractivity (Wildman–Crippen MR) is 78.5 cm³/mol. The van der Waals surface area contributed by atoms with Crippen LogP contribution < -0.4 is 4.90 Å². The Hall–Kier alpha value is -1.06. The van der Waals surface area contributed by atoms with E-state index >= 15 is 0 Å². The van der Waals surface area contributed by atoms with E-state index in [0.29, 0.717) is 5.92 Å². The molecule has 0 aromatic heterocycles. The normalized spacial score (nSPS) is 21.1. The summed E-state index contributed by atoms with van der Waals surface area (Å²) in [4.78, 5) is 2.26. The number of hydrogen-bond donors (Lipinski definition) is 1. The smallest absolute Gasteiger partial charge is 0.0807 e. The van der Waals surface area contributed by atoms with Crippen molar-refractivity contribution in [3.63, 3.8) is 0 Å². The lowest BCUT2D eigenvalue weighted by molar-refractivity contribution is 0.0576. The maximum atomic E-state index is 10.1. The molecule has 0 amide bonds. The number of nitrogens with zero attached hydrogens (tertiary/aromatic N) is 1. The van der Waals surface area contributed by atoms with E-state index in [9.17, 15) is 5.11 Å². The van der Waals surface area contributed by atoms with Gasteiger partial charge in [0.05, 0.1) is 12.7 Å². The van der Waals surface area contributed by atoms with Crippen LogP contribution in [0.15, 0.2) is 24.3 Å². The minimum absolute atomic E-state index is 0.374. The van der Waals surface area contributed by atoms with Gasteiger partial charge in [0.1, 0.15) is 0 Å². The van der Waals surface area contributed by atoms with Crippen molar-refractivity contribution in [2.24, 2.45) is 5.92 Å². The molecule has 0 spiro atoms. The summed E-state index contributed by atoms with van der Waals surface area (Å²) < 4.78 is 5.54. The van der Waals surface area contributed by atoms with Crippen molar-refractivity contribution in [2.45, 2.75) is 32.3 Å². The molecule has 0 bridgehead atoms. The zero-order valence-corrected chi connectivity index (χ0v) is 12.0. The van der Waals surface area contributed by atoms with E-state index in [4.69, 9.17) is 4.74 Å². The summed E-state index contributed by atoms with van der Waals surface area (Å²) >= 11 is 0. The maximum Gasteiger partial charge on any atom is 0.0807 e. The molecule has 1 aromatic carbocycles. The second kappa shape index (κ2) is 6.92. The number of aliphatic hydroxyl groups excluding tert-OH is 1. The van der Waals surface area contributed by atoms with Crippen LogP contribution in [0.2, 0.25) is 0 Å². The quantitative estimate of drug-likeness (QED) is 0.886. The Bertz CT molecular complexity index is 388.